The van der Waals surface area contributed by atoms with E-state index in [-0.39, 0.29) is 49.7 Å². The van der Waals surface area contributed by atoms with Crippen LogP contribution in [0.3, 0.4) is 0 Å². The average molecular weight is 1040 g/mol. The Bertz CT molecular complexity index is 2550. The number of thioether (sulfide) groups is 2. The number of para-hydroxylation sites is 1. The number of carbonyl (C=O) groups excluding carboxylic acids is 8. The summed E-state index contributed by atoms with van der Waals surface area (Å²) in [5, 5.41) is 26.6. The lowest BCUT2D eigenvalue weighted by Gasteiger charge is -2.40. The van der Waals surface area contributed by atoms with Gasteiger partial charge in [0, 0.05) is 48.0 Å². The fourth-order valence-electron chi connectivity index (χ4n) is 10.5. The van der Waals surface area contributed by atoms with Gasteiger partial charge in [-0.25, -0.2) is 0 Å². The summed E-state index contributed by atoms with van der Waals surface area (Å²) >= 11 is 2.71. The van der Waals surface area contributed by atoms with Crippen molar-refractivity contribution < 1.29 is 43.5 Å². The van der Waals surface area contributed by atoms with E-state index in [1.165, 1.54) is 45.1 Å². The number of aromatic nitrogens is 1. The molecule has 5 heterocycles. The fourth-order valence-corrected chi connectivity index (χ4v) is 12.9. The molecule has 3 aromatic rings. The van der Waals surface area contributed by atoms with Crippen molar-refractivity contribution in [1.82, 2.24) is 46.3 Å². The summed E-state index contributed by atoms with van der Waals surface area (Å²) in [6.07, 6.45) is 1.70. The summed E-state index contributed by atoms with van der Waals surface area (Å²) < 4.78 is 0. The number of H-pyrrole nitrogens is 1. The van der Waals surface area contributed by atoms with E-state index < -0.39 is 117 Å². The van der Waals surface area contributed by atoms with Crippen LogP contribution in [0.1, 0.15) is 99.1 Å². The number of hydrogen-bond acceptors (Lipinski definition) is 11. The monoisotopic (exact) mass is 1040 g/mol. The van der Waals surface area contributed by atoms with Crippen LogP contribution in [0.15, 0.2) is 60.8 Å². The van der Waals surface area contributed by atoms with E-state index >= 15 is 14.4 Å². The van der Waals surface area contributed by atoms with E-state index in [1.807, 2.05) is 96.1 Å². The van der Waals surface area contributed by atoms with Gasteiger partial charge < -0.3 is 51.4 Å². The molecule has 0 saturated carbocycles. The highest BCUT2D eigenvalue weighted by Crippen LogP contribution is 2.42. The van der Waals surface area contributed by atoms with Gasteiger partial charge >= 0.3 is 0 Å². The summed E-state index contributed by atoms with van der Waals surface area (Å²) in [4.78, 5) is 124. The highest BCUT2D eigenvalue weighted by Gasteiger charge is 2.53. The number of fused-ring (bicyclic) bond motifs is 4. The molecule has 2 aromatic carbocycles. The first-order valence-electron chi connectivity index (χ1n) is 25.6. The van der Waals surface area contributed by atoms with Gasteiger partial charge in [-0.3, -0.25) is 38.4 Å². The summed E-state index contributed by atoms with van der Waals surface area (Å²) in [6.45, 7) is 16.1. The van der Waals surface area contributed by atoms with Gasteiger partial charge in [0.1, 0.15) is 48.3 Å². The summed E-state index contributed by atoms with van der Waals surface area (Å²) in [5.74, 6) is -5.28. The first-order valence-corrected chi connectivity index (χ1v) is 27.5. The van der Waals surface area contributed by atoms with Crippen molar-refractivity contribution in [3.8, 4) is 0 Å². The molecule has 396 valence electrons. The van der Waals surface area contributed by atoms with E-state index in [2.05, 4.69) is 31.6 Å². The molecule has 73 heavy (non-hydrogen) atoms. The highest BCUT2D eigenvalue weighted by molar-refractivity contribution is 8.01. The van der Waals surface area contributed by atoms with Crippen LogP contribution in [0.4, 0.5) is 0 Å². The number of carbonyl (C=O) groups is 8. The zero-order valence-corrected chi connectivity index (χ0v) is 45.0. The van der Waals surface area contributed by atoms with Crippen LogP contribution in [0.25, 0.3) is 10.9 Å². The molecule has 0 bridgehead atoms. The van der Waals surface area contributed by atoms with Gasteiger partial charge in [-0.15, -0.1) is 23.5 Å². The van der Waals surface area contributed by atoms with Gasteiger partial charge in [-0.05, 0) is 82.9 Å². The molecule has 18 nitrogen and oxygen atoms in total. The number of benzene rings is 2. The predicted octanol–water partition coefficient (Wildman–Crippen LogP) is 3.21. The molecule has 0 unspecified atom stereocenters. The molecule has 1 aromatic heterocycles. The quantitative estimate of drug-likeness (QED) is 0.164. The van der Waals surface area contributed by atoms with Crippen molar-refractivity contribution in [3.63, 3.8) is 0 Å². The number of aliphatic hydroxyl groups is 1. The van der Waals surface area contributed by atoms with E-state index in [0.717, 1.165) is 22.0 Å². The Kier molecular flexibility index (Phi) is 17.3. The number of amides is 8. The smallest absolute Gasteiger partial charge is 0.249 e. The predicted molar refractivity (Wildman–Crippen MR) is 281 cm³/mol. The fraction of sp³-hybridized carbons (Fsp3) is 0.585. The number of aliphatic hydroxyl groups excluding tert-OH is 1. The molecule has 8 amide bonds. The number of nitrogens with zero attached hydrogens (tertiary/aromatic N) is 3. The normalized spacial score (nSPS) is 28.6. The Morgan fingerprint density at radius 1 is 0.630 bits per heavy atom. The Hall–Kier alpha value is -5.60. The van der Waals surface area contributed by atoms with Gasteiger partial charge in [0.25, 0.3) is 0 Å². The van der Waals surface area contributed by atoms with E-state index in [0.29, 0.717) is 12.8 Å². The zero-order chi connectivity index (χ0) is 53.1. The minimum atomic E-state index is -1.54. The summed E-state index contributed by atoms with van der Waals surface area (Å²) in [5.41, 5.74) is 2.27. The van der Waals surface area contributed by atoms with Crippen LogP contribution >= 0.6 is 23.5 Å². The number of hydrogen-bond donors (Lipinski definition) is 7. The molecule has 4 aliphatic heterocycles. The van der Waals surface area contributed by atoms with E-state index in [1.54, 1.807) is 20.0 Å². The first-order chi connectivity index (χ1) is 34.5. The minimum Gasteiger partial charge on any atom is -0.391 e. The molecular formula is C53H73N9O9S2. The number of rotatable bonds is 9. The van der Waals surface area contributed by atoms with Gasteiger partial charge in [0.15, 0.2) is 0 Å². The van der Waals surface area contributed by atoms with Crippen LogP contribution in [0.2, 0.25) is 0 Å². The molecule has 4 fully saturated rings. The van der Waals surface area contributed by atoms with Gasteiger partial charge in [-0.2, -0.15) is 0 Å². The van der Waals surface area contributed by atoms with Gasteiger partial charge in [0.2, 0.25) is 47.3 Å². The molecular weight excluding hydrogens is 971 g/mol. The van der Waals surface area contributed by atoms with Crippen LogP contribution < -0.4 is 26.6 Å². The van der Waals surface area contributed by atoms with Crippen LogP contribution in [0, 0.1) is 11.8 Å². The average Bonchev–Trinajstić information content (AvgIpc) is 4.14. The minimum absolute atomic E-state index is 0.00548. The van der Waals surface area contributed by atoms with E-state index in [9.17, 15) is 29.1 Å². The van der Waals surface area contributed by atoms with Crippen molar-refractivity contribution in [2.24, 2.45) is 11.8 Å². The summed E-state index contributed by atoms with van der Waals surface area (Å²) in [7, 11) is 0. The molecule has 7 N–H and O–H groups in total. The second-order valence-corrected chi connectivity index (χ2v) is 24.6. The first kappa shape index (κ1) is 55.2. The SMILES string of the molecule is CC[C@H](C)[C@@H]1NC(=O)[C@@H]2CSC(C)(C)N2C(=O)[C@H]([C@@H](C)O)NC(=O)[C@H](CC(C)C)NC(=O)[C@@H]2CCCN2C(=O)[C@H](Cc2ccccc2)NC(=O)[C@H](Cc2c[nH]c3ccccc23)NC(=O)[C@@H]2CSC(C)(C)N2C1=O. The lowest BCUT2D eigenvalue weighted by atomic mass is 9.95. The van der Waals surface area contributed by atoms with Crippen molar-refractivity contribution in [2.75, 3.05) is 18.1 Å². The van der Waals surface area contributed by atoms with Gasteiger partial charge in [0.05, 0.1) is 15.8 Å². The second-order valence-electron chi connectivity index (χ2n) is 21.3. The zero-order valence-electron chi connectivity index (χ0n) is 43.4. The molecule has 4 aliphatic rings. The molecule has 7 rings (SSSR count). The molecule has 20 heteroatoms. The molecule has 0 radical (unpaired) electrons. The van der Waals surface area contributed by atoms with Crippen LogP contribution in [-0.2, 0) is 51.2 Å². The standard InChI is InChI=1S/C53H73N9O9S2/c1-10-30(4)42-50(70)61-40(27-72-52(61,6)7)47(67)56-37(25-33-26-54-35-20-15-14-19-34(33)35)44(64)57-38(24-32-17-12-11-13-18-32)49(69)60-22-16-21-39(60)46(66)55-36(23-29(2)3)45(65)59-43(31(5)63)51(71)62-41(48(68)58-42)28-73-53(62,8)9/h11-15,17-20,26,29-31,36-43,54,63H,10,16,21-25,27-28H2,1-9H3,(H,55,66)(H,56,67)(H,57,64)(H,58,68)(H,59,65)/t30-,31+,36-,37-,38-,39-,40-,41-,42-,43-/m0/s1. The maximum Gasteiger partial charge on any atom is 0.249 e. The molecule has 4 saturated heterocycles. The third kappa shape index (κ3) is 12.2. The van der Waals surface area contributed by atoms with Gasteiger partial charge in [-0.1, -0.05) is 82.6 Å². The Labute approximate surface area is 436 Å². The second kappa shape index (κ2) is 22.9. The topological polar surface area (TPSA) is 242 Å². The van der Waals surface area contributed by atoms with Crippen molar-refractivity contribution in [3.05, 3.63) is 71.9 Å². The summed E-state index contributed by atoms with van der Waals surface area (Å²) in [6, 6.07) is 7.05. The third-order valence-corrected chi connectivity index (χ3v) is 17.5. The van der Waals surface area contributed by atoms with Crippen molar-refractivity contribution >= 4 is 81.7 Å². The maximum absolute atomic E-state index is 15.2. The molecule has 0 aliphatic carbocycles. The third-order valence-electron chi connectivity index (χ3n) is 14.7. The number of aromatic amines is 1. The van der Waals surface area contributed by atoms with Crippen molar-refractivity contribution in [1.29, 1.82) is 0 Å². The Morgan fingerprint density at radius 3 is 1.78 bits per heavy atom. The Balaban J connectivity index is 1.33. The van der Waals surface area contributed by atoms with Crippen LogP contribution in [-0.4, -0.2) is 154 Å². The van der Waals surface area contributed by atoms with Crippen molar-refractivity contribution in [2.45, 2.75) is 165 Å². The molecule has 0 spiro atoms. The molecule has 10 atom stereocenters. The lowest BCUT2D eigenvalue weighted by molar-refractivity contribution is -0.150. The van der Waals surface area contributed by atoms with Crippen LogP contribution in [0.5, 0.6) is 0 Å². The highest BCUT2D eigenvalue weighted by atomic mass is 32.2. The maximum atomic E-state index is 15.2. The largest absolute Gasteiger partial charge is 0.391 e. The van der Waals surface area contributed by atoms with E-state index in [4.69, 9.17) is 0 Å². The number of nitrogens with one attached hydrogen (secondary N) is 6. The lowest BCUT2D eigenvalue weighted by Crippen LogP contribution is -2.65. The Morgan fingerprint density at radius 2 is 1.16 bits per heavy atom.